The van der Waals surface area contributed by atoms with Crippen molar-refractivity contribution in [3.05, 3.63) is 126 Å². The number of carbonyl (C=O) groups is 1. The third-order valence-electron chi connectivity index (χ3n) is 5.36. The molecule has 4 aromatic carbocycles. The molecule has 0 atom stereocenters. The van der Waals surface area contributed by atoms with Gasteiger partial charge >= 0.3 is 5.97 Å². The lowest BCUT2D eigenvalue weighted by atomic mass is 10.2. The Labute approximate surface area is 195 Å². The van der Waals surface area contributed by atoms with Crippen LogP contribution in [0.5, 0.6) is 0 Å². The Kier molecular flexibility index (Phi) is 7.79. The summed E-state index contributed by atoms with van der Waals surface area (Å²) in [6.45, 7) is 0. The lowest BCUT2D eigenvalue weighted by Gasteiger charge is -2.28. The van der Waals surface area contributed by atoms with Gasteiger partial charge in [0, 0.05) is 0 Å². The maximum absolute atomic E-state index is 12.3. The molecule has 0 aliphatic rings. The Morgan fingerprint density at radius 2 is 1.16 bits per heavy atom. The van der Waals surface area contributed by atoms with Gasteiger partial charge in [0.1, 0.15) is 23.2 Å². The summed E-state index contributed by atoms with van der Waals surface area (Å²) >= 11 is 0. The molecule has 2 nitrogen and oxygen atoms in total. The quantitative estimate of drug-likeness (QED) is 0.305. The molecule has 0 saturated carbocycles. The van der Waals surface area contributed by atoms with Gasteiger partial charge in [0.05, 0.1) is 18.8 Å². The Bertz CT molecular complexity index is 1080. The average Bonchev–Trinajstić information content (AvgIpc) is 2.84. The van der Waals surface area contributed by atoms with E-state index in [1.807, 2.05) is 24.3 Å². The lowest BCUT2D eigenvalue weighted by molar-refractivity contribution is -0.0000204. The van der Waals surface area contributed by atoms with E-state index in [2.05, 4.69) is 91.0 Å². The second-order valence-electron chi connectivity index (χ2n) is 7.17. The van der Waals surface area contributed by atoms with Crippen molar-refractivity contribution in [3.8, 4) is 0 Å². The van der Waals surface area contributed by atoms with Crippen molar-refractivity contribution in [2.45, 2.75) is 6.16 Å². The second-order valence-corrected chi connectivity index (χ2v) is 10.7. The SMILES string of the molecule is COC(=O)c1cccc([P+](Cc2ccccc2)(c2ccccc2)c2ccccc2)c1.[Br-]. The molecular formula is C27H24BrO2P. The van der Waals surface area contributed by atoms with Crippen LogP contribution in [0.2, 0.25) is 0 Å². The van der Waals surface area contributed by atoms with Crippen LogP contribution >= 0.6 is 7.26 Å². The number of halogens is 1. The summed E-state index contributed by atoms with van der Waals surface area (Å²) in [6.07, 6.45) is 0.881. The Balaban J connectivity index is 0.00000272. The molecule has 0 aliphatic carbocycles. The minimum Gasteiger partial charge on any atom is -1.00 e. The Morgan fingerprint density at radius 1 is 0.677 bits per heavy atom. The van der Waals surface area contributed by atoms with Crippen LogP contribution < -0.4 is 32.9 Å². The van der Waals surface area contributed by atoms with E-state index < -0.39 is 7.26 Å². The van der Waals surface area contributed by atoms with Gasteiger partial charge in [0.15, 0.2) is 0 Å². The number of hydrogen-bond donors (Lipinski definition) is 0. The summed E-state index contributed by atoms with van der Waals surface area (Å²) in [4.78, 5) is 12.3. The fourth-order valence-electron chi connectivity index (χ4n) is 3.93. The van der Waals surface area contributed by atoms with Gasteiger partial charge in [0.2, 0.25) is 0 Å². The number of carbonyl (C=O) groups excluding carboxylic acids is 1. The van der Waals surface area contributed by atoms with Gasteiger partial charge in [-0.05, 0) is 48.0 Å². The van der Waals surface area contributed by atoms with Gasteiger partial charge in [0.25, 0.3) is 0 Å². The summed E-state index contributed by atoms with van der Waals surface area (Å²) in [5.41, 5.74) is 1.86. The molecular weight excluding hydrogens is 467 g/mol. The van der Waals surface area contributed by atoms with E-state index in [0.29, 0.717) is 5.56 Å². The van der Waals surface area contributed by atoms with Gasteiger partial charge in [-0.3, -0.25) is 0 Å². The molecule has 0 N–H and O–H groups in total. The third-order valence-corrected chi connectivity index (χ3v) is 9.72. The topological polar surface area (TPSA) is 26.3 Å². The Hall–Kier alpha value is -2.74. The van der Waals surface area contributed by atoms with E-state index in [1.54, 1.807) is 0 Å². The number of benzene rings is 4. The molecule has 0 aromatic heterocycles. The van der Waals surface area contributed by atoms with Crippen molar-refractivity contribution in [3.63, 3.8) is 0 Å². The molecule has 0 bridgehead atoms. The van der Waals surface area contributed by atoms with E-state index in [4.69, 9.17) is 4.74 Å². The predicted molar refractivity (Wildman–Crippen MR) is 127 cm³/mol. The number of rotatable bonds is 6. The van der Waals surface area contributed by atoms with E-state index >= 15 is 0 Å². The zero-order valence-corrected chi connectivity index (χ0v) is 19.8. The maximum atomic E-state index is 12.3. The van der Waals surface area contributed by atoms with E-state index in [-0.39, 0.29) is 23.0 Å². The van der Waals surface area contributed by atoms with Gasteiger partial charge in [-0.2, -0.15) is 0 Å². The normalized spacial score (nSPS) is 10.7. The second kappa shape index (κ2) is 10.5. The standard InChI is InChI=1S/C27H24O2P.BrH/c1-29-27(28)23-14-11-19-26(20-23)30(24-15-7-3-8-16-24,25-17-9-4-10-18-25)21-22-12-5-2-6-13-22;/h2-20H,21H2,1H3;1H/q+1;/p-1. The zero-order valence-electron chi connectivity index (χ0n) is 17.3. The monoisotopic (exact) mass is 490 g/mol. The maximum Gasteiger partial charge on any atom is 0.337 e. The molecule has 156 valence electrons. The molecule has 0 heterocycles. The van der Waals surface area contributed by atoms with Crippen molar-refractivity contribution >= 4 is 29.1 Å². The van der Waals surface area contributed by atoms with Crippen LogP contribution in [0.15, 0.2) is 115 Å². The summed E-state index contributed by atoms with van der Waals surface area (Å²) in [5, 5.41) is 3.76. The summed E-state index contributed by atoms with van der Waals surface area (Å²) < 4.78 is 5.01. The van der Waals surface area contributed by atoms with Crippen LogP contribution in [0.1, 0.15) is 15.9 Å². The first kappa shape index (κ1) is 22.9. The number of ether oxygens (including phenoxy) is 1. The largest absolute Gasteiger partial charge is 1.00 e. The highest BCUT2D eigenvalue weighted by Gasteiger charge is 2.45. The highest BCUT2D eigenvalue weighted by atomic mass is 79.9. The van der Waals surface area contributed by atoms with Crippen LogP contribution in [0.25, 0.3) is 0 Å². The van der Waals surface area contributed by atoms with Crippen LogP contribution in [0.4, 0.5) is 0 Å². The first-order valence-electron chi connectivity index (χ1n) is 9.96. The first-order valence-corrected chi connectivity index (χ1v) is 11.9. The third kappa shape index (κ3) is 4.79. The molecule has 4 aromatic rings. The summed E-state index contributed by atoms with van der Waals surface area (Å²) in [7, 11) is -0.634. The molecule has 0 radical (unpaired) electrons. The van der Waals surface area contributed by atoms with Crippen molar-refractivity contribution in [1.29, 1.82) is 0 Å². The highest BCUT2D eigenvalue weighted by molar-refractivity contribution is 7.95. The molecule has 0 amide bonds. The minimum absolute atomic E-state index is 0. The van der Waals surface area contributed by atoms with Crippen molar-refractivity contribution in [2.24, 2.45) is 0 Å². The van der Waals surface area contributed by atoms with Crippen LogP contribution in [-0.2, 0) is 10.9 Å². The molecule has 0 unspecified atom stereocenters. The molecule has 4 heteroatoms. The van der Waals surface area contributed by atoms with Gasteiger partial charge in [-0.25, -0.2) is 4.79 Å². The molecule has 0 saturated heterocycles. The van der Waals surface area contributed by atoms with Gasteiger partial charge in [-0.1, -0.05) is 72.8 Å². The Morgan fingerprint density at radius 3 is 1.68 bits per heavy atom. The van der Waals surface area contributed by atoms with Crippen molar-refractivity contribution in [1.82, 2.24) is 0 Å². The first-order chi connectivity index (χ1) is 14.7. The minimum atomic E-state index is -2.06. The molecule has 0 fully saturated rings. The van der Waals surface area contributed by atoms with Crippen LogP contribution in [0, 0.1) is 0 Å². The van der Waals surface area contributed by atoms with E-state index in [1.165, 1.54) is 28.6 Å². The summed E-state index contributed by atoms with van der Waals surface area (Å²) in [6, 6.07) is 39.9. The number of hydrogen-bond acceptors (Lipinski definition) is 2. The fourth-order valence-corrected chi connectivity index (χ4v) is 8.19. The lowest BCUT2D eigenvalue weighted by Crippen LogP contribution is -3.00. The molecule has 0 aliphatic heterocycles. The van der Waals surface area contributed by atoms with Gasteiger partial charge in [-0.15, -0.1) is 0 Å². The number of esters is 1. The van der Waals surface area contributed by atoms with Crippen molar-refractivity contribution in [2.75, 3.05) is 7.11 Å². The molecule has 4 rings (SSSR count). The van der Waals surface area contributed by atoms with E-state index in [9.17, 15) is 4.79 Å². The zero-order chi connectivity index (χ0) is 20.8. The number of methoxy groups -OCH3 is 1. The predicted octanol–water partition coefficient (Wildman–Crippen LogP) is 1.97. The van der Waals surface area contributed by atoms with Crippen LogP contribution in [-0.4, -0.2) is 13.1 Å². The van der Waals surface area contributed by atoms with E-state index in [0.717, 1.165) is 6.16 Å². The van der Waals surface area contributed by atoms with Gasteiger partial charge < -0.3 is 21.7 Å². The smallest absolute Gasteiger partial charge is 0.337 e. The molecule has 31 heavy (non-hydrogen) atoms. The molecule has 0 spiro atoms. The highest BCUT2D eigenvalue weighted by Crippen LogP contribution is 2.58. The summed E-state index contributed by atoms with van der Waals surface area (Å²) in [5.74, 6) is -0.309. The average molecular weight is 491 g/mol. The van der Waals surface area contributed by atoms with Crippen molar-refractivity contribution < 1.29 is 26.5 Å². The fraction of sp³-hybridized carbons (Fsp3) is 0.0741. The van der Waals surface area contributed by atoms with Crippen LogP contribution in [0.3, 0.4) is 0 Å².